The molecule has 65 heavy (non-hydrogen) atoms. The third-order valence-corrected chi connectivity index (χ3v) is 16.5. The molecule has 0 fully saturated rings. The number of rotatable bonds is 41. The maximum absolute atomic E-state index is 7.00. The first-order chi connectivity index (χ1) is 31.9. The van der Waals surface area contributed by atoms with Gasteiger partial charge in [0.05, 0.1) is 28.4 Å². The molecule has 4 rings (SSSR count). The van der Waals surface area contributed by atoms with Gasteiger partial charge in [0.25, 0.3) is 0 Å². The average molecular weight is 946 g/mol. The summed E-state index contributed by atoms with van der Waals surface area (Å²) in [4.78, 5) is 4.46. The van der Waals surface area contributed by atoms with Gasteiger partial charge in [-0.05, 0) is 51.4 Å². The van der Waals surface area contributed by atoms with E-state index in [2.05, 4.69) is 41.5 Å². The molecule has 0 aromatic carbocycles. The van der Waals surface area contributed by atoms with E-state index in [-0.39, 0.29) is 0 Å². The zero-order chi connectivity index (χ0) is 46.2. The standard InChI is InChI=1S/C57H100O6S2/c1-7-11-15-19-23-25-29-33-37-49(35-31-27-21-17-13-9-3)41-58-43-57(44-59-42-50(36-32-28-22-18-14-10-4)38-34-30-26-24-20-16-12-8-2)45-62-52-48(6)65-56(54(52)63-46-57)55-53-51(47(5)64-55)60-39-40-61-53/h49-50H,7-46H2,1-6H3. The Balaban J connectivity index is 1.44. The van der Waals surface area contributed by atoms with E-state index in [0.717, 1.165) is 55.7 Å². The Morgan fingerprint density at radius 2 is 0.692 bits per heavy atom. The van der Waals surface area contributed by atoms with Crippen LogP contribution in [0.1, 0.15) is 243 Å². The smallest absolute Gasteiger partial charge is 0.181 e. The van der Waals surface area contributed by atoms with Gasteiger partial charge in [0.2, 0.25) is 0 Å². The van der Waals surface area contributed by atoms with Crippen molar-refractivity contribution in [3.63, 3.8) is 0 Å². The Labute approximate surface area is 408 Å². The molecule has 0 saturated carbocycles. The van der Waals surface area contributed by atoms with Gasteiger partial charge in [0, 0.05) is 23.0 Å². The number of hydrogen-bond acceptors (Lipinski definition) is 8. The highest BCUT2D eigenvalue weighted by atomic mass is 32.1. The van der Waals surface area contributed by atoms with Gasteiger partial charge >= 0.3 is 0 Å². The number of aryl methyl sites for hydroxylation is 2. The van der Waals surface area contributed by atoms with Crippen LogP contribution in [0, 0.1) is 31.1 Å². The molecule has 2 aromatic rings. The molecular weight excluding hydrogens is 845 g/mol. The number of fused-ring (bicyclic) bond motifs is 2. The summed E-state index contributed by atoms with van der Waals surface area (Å²) in [7, 11) is 0. The fraction of sp³-hybridized carbons (Fsp3) is 0.860. The molecule has 0 amide bonds. The molecule has 4 heterocycles. The normalized spacial score (nSPS) is 16.8. The molecule has 0 radical (unpaired) electrons. The summed E-state index contributed by atoms with van der Waals surface area (Å²) < 4.78 is 40.1. The molecule has 6 nitrogen and oxygen atoms in total. The van der Waals surface area contributed by atoms with Crippen molar-refractivity contribution in [2.75, 3.05) is 52.9 Å². The monoisotopic (exact) mass is 945 g/mol. The number of thiophene rings is 2. The lowest BCUT2D eigenvalue weighted by atomic mass is 9.91. The van der Waals surface area contributed by atoms with Crippen molar-refractivity contribution in [1.82, 2.24) is 0 Å². The second-order valence-corrected chi connectivity index (χ2v) is 22.9. The summed E-state index contributed by atoms with van der Waals surface area (Å²) in [6, 6.07) is 0. The largest absolute Gasteiger partial charge is 0.488 e. The molecular formula is C57H100O6S2. The summed E-state index contributed by atoms with van der Waals surface area (Å²) in [5, 5.41) is 0. The van der Waals surface area contributed by atoms with E-state index in [1.165, 1.54) is 205 Å². The summed E-state index contributed by atoms with van der Waals surface area (Å²) >= 11 is 3.48. The highest BCUT2D eigenvalue weighted by Crippen LogP contribution is 2.57. The van der Waals surface area contributed by atoms with Crippen molar-refractivity contribution in [2.45, 2.75) is 247 Å². The van der Waals surface area contributed by atoms with Gasteiger partial charge in [-0.25, -0.2) is 0 Å². The van der Waals surface area contributed by atoms with Crippen LogP contribution in [0.2, 0.25) is 0 Å². The summed E-state index contributed by atoms with van der Waals surface area (Å²) in [5.41, 5.74) is -0.406. The van der Waals surface area contributed by atoms with Crippen molar-refractivity contribution < 1.29 is 28.4 Å². The number of unbranched alkanes of at least 4 members (excludes halogenated alkanes) is 24. The van der Waals surface area contributed by atoms with Crippen molar-refractivity contribution in [2.24, 2.45) is 17.3 Å². The van der Waals surface area contributed by atoms with Gasteiger partial charge in [-0.3, -0.25) is 0 Å². The van der Waals surface area contributed by atoms with E-state index in [4.69, 9.17) is 28.4 Å². The van der Waals surface area contributed by atoms with Gasteiger partial charge in [0.1, 0.15) is 26.4 Å². The lowest BCUT2D eigenvalue weighted by Crippen LogP contribution is -2.43. The van der Waals surface area contributed by atoms with E-state index < -0.39 is 5.41 Å². The molecule has 2 aliphatic rings. The van der Waals surface area contributed by atoms with E-state index in [1.54, 1.807) is 22.7 Å². The van der Waals surface area contributed by atoms with Crippen molar-refractivity contribution >= 4 is 22.7 Å². The molecule has 2 unspecified atom stereocenters. The van der Waals surface area contributed by atoms with E-state index in [1.807, 2.05) is 0 Å². The lowest BCUT2D eigenvalue weighted by Gasteiger charge is -2.32. The van der Waals surface area contributed by atoms with Gasteiger partial charge < -0.3 is 28.4 Å². The highest BCUT2D eigenvalue weighted by Gasteiger charge is 2.40. The van der Waals surface area contributed by atoms with Crippen molar-refractivity contribution in [1.29, 1.82) is 0 Å². The summed E-state index contributed by atoms with van der Waals surface area (Å²) in [5.74, 6) is 4.66. The van der Waals surface area contributed by atoms with Crippen LogP contribution in [0.5, 0.6) is 23.0 Å². The Morgan fingerprint density at radius 1 is 0.400 bits per heavy atom. The molecule has 2 atom stereocenters. The summed E-state index contributed by atoms with van der Waals surface area (Å²) in [6.45, 7) is 18.5. The first kappa shape index (κ1) is 56.1. The predicted octanol–water partition coefficient (Wildman–Crippen LogP) is 18.5. The van der Waals surface area contributed by atoms with Crippen LogP contribution >= 0.6 is 22.7 Å². The summed E-state index contributed by atoms with van der Waals surface area (Å²) in [6.07, 6.45) is 43.1. The fourth-order valence-corrected chi connectivity index (χ4v) is 12.2. The van der Waals surface area contributed by atoms with Gasteiger partial charge in [-0.1, -0.05) is 207 Å². The van der Waals surface area contributed by atoms with Gasteiger partial charge in [0.15, 0.2) is 23.0 Å². The number of ether oxygens (including phenoxy) is 6. The van der Waals surface area contributed by atoms with Crippen LogP contribution in [0.15, 0.2) is 0 Å². The SMILES string of the molecule is CCCCCCCCCCC(CCCCCCCC)COCC1(COCC(CCCCCCCC)CCCCCCCCCC)COc2c(C)sc(-c3sc(C)c4c3OCCO4)c2OC1. The first-order valence-corrected chi connectivity index (χ1v) is 29.5. The zero-order valence-electron chi connectivity index (χ0n) is 43.2. The highest BCUT2D eigenvalue weighted by molar-refractivity contribution is 7.23. The Hall–Kier alpha value is -1.48. The molecule has 2 aromatic heterocycles. The third kappa shape index (κ3) is 21.4. The van der Waals surface area contributed by atoms with E-state index >= 15 is 0 Å². The van der Waals surface area contributed by atoms with Crippen LogP contribution < -0.4 is 18.9 Å². The molecule has 0 saturated heterocycles. The van der Waals surface area contributed by atoms with Crippen molar-refractivity contribution in [3.05, 3.63) is 9.75 Å². The molecule has 0 aliphatic carbocycles. The Kier molecular flexibility index (Phi) is 30.0. The average Bonchev–Trinajstić information content (AvgIpc) is 3.74. The number of hydrogen-bond donors (Lipinski definition) is 0. The van der Waals surface area contributed by atoms with Gasteiger partial charge in [-0.15, -0.1) is 22.7 Å². The molecule has 0 bridgehead atoms. The topological polar surface area (TPSA) is 55.4 Å². The second kappa shape index (κ2) is 34.7. The van der Waals surface area contributed by atoms with Crippen molar-refractivity contribution in [3.8, 4) is 32.8 Å². The van der Waals surface area contributed by atoms with Crippen LogP contribution in [-0.2, 0) is 9.47 Å². The quantitative estimate of drug-likeness (QED) is 0.0619. The fourth-order valence-electron chi connectivity index (χ4n) is 9.97. The van der Waals surface area contributed by atoms with E-state index in [9.17, 15) is 0 Å². The molecule has 8 heteroatoms. The molecule has 376 valence electrons. The maximum atomic E-state index is 7.00. The minimum absolute atomic E-state index is 0.406. The van der Waals surface area contributed by atoms with Gasteiger partial charge in [-0.2, -0.15) is 0 Å². The van der Waals surface area contributed by atoms with E-state index in [0.29, 0.717) is 51.5 Å². The second-order valence-electron chi connectivity index (χ2n) is 20.5. The maximum Gasteiger partial charge on any atom is 0.181 e. The van der Waals surface area contributed by atoms with Crippen LogP contribution in [0.3, 0.4) is 0 Å². The zero-order valence-corrected chi connectivity index (χ0v) is 44.8. The molecule has 0 spiro atoms. The van der Waals surface area contributed by atoms with Crippen LogP contribution in [0.25, 0.3) is 9.75 Å². The Bertz CT molecular complexity index is 1420. The minimum atomic E-state index is -0.406. The lowest BCUT2D eigenvalue weighted by molar-refractivity contribution is -0.0721. The molecule has 2 aliphatic heterocycles. The first-order valence-electron chi connectivity index (χ1n) is 27.9. The molecule has 0 N–H and O–H groups in total. The minimum Gasteiger partial charge on any atom is -0.488 e. The Morgan fingerprint density at radius 3 is 1.06 bits per heavy atom. The predicted molar refractivity (Wildman–Crippen MR) is 281 cm³/mol. The van der Waals surface area contributed by atoms with Crippen LogP contribution in [0.4, 0.5) is 0 Å². The third-order valence-electron chi connectivity index (χ3n) is 14.2. The van der Waals surface area contributed by atoms with Crippen LogP contribution in [-0.4, -0.2) is 52.9 Å².